The van der Waals surface area contributed by atoms with Crippen LogP contribution < -0.4 is 5.32 Å². The molecule has 0 fully saturated rings. The summed E-state index contributed by atoms with van der Waals surface area (Å²) in [5.41, 5.74) is 1.65. The first-order chi connectivity index (χ1) is 11.5. The van der Waals surface area contributed by atoms with Crippen LogP contribution in [-0.4, -0.2) is 38.3 Å². The van der Waals surface area contributed by atoms with Crippen LogP contribution >= 0.6 is 11.3 Å². The molecule has 0 spiro atoms. The third-order valence-corrected chi connectivity index (χ3v) is 6.54. The molecular weight excluding hydrogens is 344 g/mol. The van der Waals surface area contributed by atoms with Gasteiger partial charge in [0, 0.05) is 25.2 Å². The predicted molar refractivity (Wildman–Crippen MR) is 96.9 cm³/mol. The standard InChI is InChI=1S/C17H22N2O3S2/c1-3-19(4-2)24(21,22)16-7-5-15(6-8-16)17(20)18-11-9-14-10-12-23-13-14/h5-8,10,12-13H,3-4,9,11H2,1-2H3,(H,18,20). The van der Waals surface area contributed by atoms with Crippen molar-refractivity contribution in [3.05, 3.63) is 52.2 Å². The van der Waals surface area contributed by atoms with Gasteiger partial charge in [-0.3, -0.25) is 4.79 Å². The van der Waals surface area contributed by atoms with Gasteiger partial charge in [0.05, 0.1) is 4.90 Å². The van der Waals surface area contributed by atoms with Crippen molar-refractivity contribution >= 4 is 27.3 Å². The van der Waals surface area contributed by atoms with E-state index in [1.54, 1.807) is 37.3 Å². The molecule has 2 rings (SSSR count). The molecule has 0 unspecified atom stereocenters. The van der Waals surface area contributed by atoms with E-state index >= 15 is 0 Å². The van der Waals surface area contributed by atoms with Gasteiger partial charge in [0.1, 0.15) is 0 Å². The summed E-state index contributed by atoms with van der Waals surface area (Å²) in [5, 5.41) is 6.91. The molecule has 2 aromatic rings. The van der Waals surface area contributed by atoms with Crippen LogP contribution in [0.4, 0.5) is 0 Å². The molecule has 0 atom stereocenters. The van der Waals surface area contributed by atoms with Gasteiger partial charge in [-0.1, -0.05) is 13.8 Å². The van der Waals surface area contributed by atoms with Crippen molar-refractivity contribution in [3.8, 4) is 0 Å². The van der Waals surface area contributed by atoms with Crippen molar-refractivity contribution in [2.75, 3.05) is 19.6 Å². The van der Waals surface area contributed by atoms with Gasteiger partial charge in [0.2, 0.25) is 10.0 Å². The minimum absolute atomic E-state index is 0.197. The van der Waals surface area contributed by atoms with E-state index in [2.05, 4.69) is 10.7 Å². The number of amides is 1. The number of sulfonamides is 1. The molecule has 1 N–H and O–H groups in total. The molecule has 0 aliphatic heterocycles. The molecule has 0 saturated carbocycles. The quantitative estimate of drug-likeness (QED) is 0.781. The lowest BCUT2D eigenvalue weighted by atomic mass is 10.2. The van der Waals surface area contributed by atoms with Crippen LogP contribution in [-0.2, 0) is 16.4 Å². The van der Waals surface area contributed by atoms with E-state index in [4.69, 9.17) is 0 Å². The lowest BCUT2D eigenvalue weighted by molar-refractivity contribution is 0.0954. The number of rotatable bonds is 8. The summed E-state index contributed by atoms with van der Waals surface area (Å²) in [7, 11) is -3.49. The van der Waals surface area contributed by atoms with Crippen molar-refractivity contribution in [1.29, 1.82) is 0 Å². The fourth-order valence-corrected chi connectivity index (χ4v) is 4.51. The second-order valence-electron chi connectivity index (χ2n) is 5.25. The largest absolute Gasteiger partial charge is 0.352 e. The highest BCUT2D eigenvalue weighted by molar-refractivity contribution is 7.89. The summed E-state index contributed by atoms with van der Waals surface area (Å²) in [4.78, 5) is 12.3. The molecule has 0 aliphatic rings. The van der Waals surface area contributed by atoms with Gasteiger partial charge < -0.3 is 5.32 Å². The fraction of sp³-hybridized carbons (Fsp3) is 0.353. The van der Waals surface area contributed by atoms with Crippen molar-refractivity contribution < 1.29 is 13.2 Å². The molecule has 5 nitrogen and oxygen atoms in total. The maximum atomic E-state index is 12.4. The van der Waals surface area contributed by atoms with Crippen LogP contribution in [0, 0.1) is 0 Å². The number of thiophene rings is 1. The monoisotopic (exact) mass is 366 g/mol. The van der Waals surface area contributed by atoms with Crippen LogP contribution in [0.3, 0.4) is 0 Å². The summed E-state index contributed by atoms with van der Waals surface area (Å²) >= 11 is 1.63. The van der Waals surface area contributed by atoms with Crippen molar-refractivity contribution in [2.45, 2.75) is 25.2 Å². The van der Waals surface area contributed by atoms with E-state index < -0.39 is 10.0 Å². The van der Waals surface area contributed by atoms with E-state index in [0.29, 0.717) is 25.2 Å². The molecule has 130 valence electrons. The second-order valence-corrected chi connectivity index (χ2v) is 7.97. The summed E-state index contributed by atoms with van der Waals surface area (Å²) in [6.07, 6.45) is 0.781. The highest BCUT2D eigenvalue weighted by Gasteiger charge is 2.21. The number of carbonyl (C=O) groups excluding carboxylic acids is 1. The zero-order valence-electron chi connectivity index (χ0n) is 13.9. The first kappa shape index (κ1) is 18.6. The third-order valence-electron chi connectivity index (χ3n) is 3.74. The molecule has 1 amide bonds. The number of benzene rings is 1. The molecular formula is C17H22N2O3S2. The normalized spacial score (nSPS) is 11.6. The van der Waals surface area contributed by atoms with Gasteiger partial charge in [-0.05, 0) is 53.1 Å². The Kier molecular flexibility index (Phi) is 6.53. The molecule has 1 heterocycles. The zero-order valence-corrected chi connectivity index (χ0v) is 15.5. The third kappa shape index (κ3) is 4.43. The number of hydrogen-bond donors (Lipinski definition) is 1. The Morgan fingerprint density at radius 2 is 1.79 bits per heavy atom. The summed E-state index contributed by atoms with van der Waals surface area (Å²) in [5.74, 6) is -0.197. The van der Waals surface area contributed by atoms with Gasteiger partial charge in [0.25, 0.3) is 5.91 Å². The van der Waals surface area contributed by atoms with E-state index in [-0.39, 0.29) is 10.8 Å². The summed E-state index contributed by atoms with van der Waals surface area (Å²) < 4.78 is 26.2. The van der Waals surface area contributed by atoms with Crippen molar-refractivity contribution in [2.24, 2.45) is 0 Å². The van der Waals surface area contributed by atoms with Gasteiger partial charge >= 0.3 is 0 Å². The van der Waals surface area contributed by atoms with Gasteiger partial charge in [-0.2, -0.15) is 15.6 Å². The Labute approximate surface area is 147 Å². The van der Waals surface area contributed by atoms with Crippen LogP contribution in [0.2, 0.25) is 0 Å². The Morgan fingerprint density at radius 1 is 1.12 bits per heavy atom. The minimum Gasteiger partial charge on any atom is -0.352 e. The maximum Gasteiger partial charge on any atom is 0.251 e. The van der Waals surface area contributed by atoms with Crippen LogP contribution in [0.25, 0.3) is 0 Å². The molecule has 0 bridgehead atoms. The van der Waals surface area contributed by atoms with E-state index in [1.807, 2.05) is 11.4 Å². The zero-order chi connectivity index (χ0) is 17.6. The SMILES string of the molecule is CCN(CC)S(=O)(=O)c1ccc(C(=O)NCCc2ccsc2)cc1. The lowest BCUT2D eigenvalue weighted by Gasteiger charge is -2.18. The maximum absolute atomic E-state index is 12.4. The van der Waals surface area contributed by atoms with Crippen molar-refractivity contribution in [1.82, 2.24) is 9.62 Å². The smallest absolute Gasteiger partial charge is 0.251 e. The Morgan fingerprint density at radius 3 is 2.33 bits per heavy atom. The lowest BCUT2D eigenvalue weighted by Crippen LogP contribution is -2.30. The van der Waals surface area contributed by atoms with Gasteiger partial charge in [-0.25, -0.2) is 8.42 Å². The summed E-state index contributed by atoms with van der Waals surface area (Å²) in [6.45, 7) is 5.00. The topological polar surface area (TPSA) is 66.5 Å². The van der Waals surface area contributed by atoms with Crippen molar-refractivity contribution in [3.63, 3.8) is 0 Å². The summed E-state index contributed by atoms with van der Waals surface area (Å²) in [6, 6.07) is 8.11. The van der Waals surface area contributed by atoms with Crippen LogP contribution in [0.5, 0.6) is 0 Å². The molecule has 7 heteroatoms. The first-order valence-corrected chi connectivity index (χ1v) is 10.3. The number of carbonyl (C=O) groups is 1. The molecule has 1 aromatic carbocycles. The molecule has 0 radical (unpaired) electrons. The average molecular weight is 367 g/mol. The van der Waals surface area contributed by atoms with Crippen LogP contribution in [0.1, 0.15) is 29.8 Å². The molecule has 24 heavy (non-hydrogen) atoms. The van der Waals surface area contributed by atoms with E-state index in [0.717, 1.165) is 6.42 Å². The van der Waals surface area contributed by atoms with E-state index in [1.165, 1.54) is 22.0 Å². The minimum atomic E-state index is -3.49. The van der Waals surface area contributed by atoms with Gasteiger partial charge in [-0.15, -0.1) is 0 Å². The molecule has 1 aromatic heterocycles. The highest BCUT2D eigenvalue weighted by atomic mass is 32.2. The van der Waals surface area contributed by atoms with Gasteiger partial charge in [0.15, 0.2) is 0 Å². The first-order valence-electron chi connectivity index (χ1n) is 7.88. The Balaban J connectivity index is 1.99. The second kappa shape index (κ2) is 8.41. The Hall–Kier alpha value is -1.70. The van der Waals surface area contributed by atoms with E-state index in [9.17, 15) is 13.2 Å². The predicted octanol–water partition coefficient (Wildman–Crippen LogP) is 2.75. The van der Waals surface area contributed by atoms with Crippen LogP contribution in [0.15, 0.2) is 46.0 Å². The number of nitrogens with zero attached hydrogens (tertiary/aromatic N) is 1. The molecule has 0 saturated heterocycles. The number of nitrogens with one attached hydrogen (secondary N) is 1. The highest BCUT2D eigenvalue weighted by Crippen LogP contribution is 2.16. The fourth-order valence-electron chi connectivity index (χ4n) is 2.35. The Bertz CT molecular complexity index is 750. The molecule has 0 aliphatic carbocycles. The average Bonchev–Trinajstić information content (AvgIpc) is 3.09. The number of hydrogen-bond acceptors (Lipinski definition) is 4.